The summed E-state index contributed by atoms with van der Waals surface area (Å²) in [7, 11) is -3.77. The minimum absolute atomic E-state index is 0.0348. The van der Waals surface area contributed by atoms with E-state index in [0.29, 0.717) is 12.6 Å². The number of alkyl halides is 2. The second kappa shape index (κ2) is 9.04. The summed E-state index contributed by atoms with van der Waals surface area (Å²) in [5.41, 5.74) is -1.51. The average molecular weight is 447 g/mol. The van der Waals surface area contributed by atoms with Gasteiger partial charge in [0.25, 0.3) is 0 Å². The van der Waals surface area contributed by atoms with Crippen LogP contribution < -0.4 is 10.1 Å². The number of halogens is 2. The van der Waals surface area contributed by atoms with Crippen LogP contribution in [-0.4, -0.2) is 76.4 Å². The maximum Gasteiger partial charge on any atom is 0.387 e. The Morgan fingerprint density at radius 1 is 1.13 bits per heavy atom. The summed E-state index contributed by atoms with van der Waals surface area (Å²) in [4.78, 5) is 2.50. The Hall–Kier alpha value is -1.33. The van der Waals surface area contributed by atoms with Crippen LogP contribution in [-0.2, 0) is 19.3 Å². The van der Waals surface area contributed by atoms with Crippen molar-refractivity contribution < 1.29 is 31.4 Å². The fourth-order valence-electron chi connectivity index (χ4n) is 4.56. The third-order valence-corrected chi connectivity index (χ3v) is 8.16. The quantitative estimate of drug-likeness (QED) is 0.742. The molecule has 7 nitrogen and oxygen atoms in total. The minimum Gasteiger partial charge on any atom is -0.435 e. The lowest BCUT2D eigenvalue weighted by Gasteiger charge is -2.48. The predicted molar refractivity (Wildman–Crippen MR) is 105 cm³/mol. The molecule has 1 N–H and O–H groups in total. The van der Waals surface area contributed by atoms with E-state index >= 15 is 0 Å². The number of benzene rings is 1. The van der Waals surface area contributed by atoms with Gasteiger partial charge in [-0.15, -0.1) is 0 Å². The predicted octanol–water partition coefficient (Wildman–Crippen LogP) is 2.02. The summed E-state index contributed by atoms with van der Waals surface area (Å²) >= 11 is 0. The van der Waals surface area contributed by atoms with E-state index < -0.39 is 27.5 Å². The number of nitrogens with one attached hydrogen (secondary N) is 1. The number of rotatable bonds is 5. The molecule has 3 aliphatic rings. The first-order valence-corrected chi connectivity index (χ1v) is 11.9. The number of piperidine rings is 1. The van der Waals surface area contributed by atoms with E-state index in [2.05, 4.69) is 15.0 Å². The minimum atomic E-state index is -3.77. The van der Waals surface area contributed by atoms with Crippen molar-refractivity contribution in [2.24, 2.45) is 0 Å². The Bertz CT molecular complexity index is 807. The van der Waals surface area contributed by atoms with Crippen LogP contribution >= 0.6 is 0 Å². The van der Waals surface area contributed by atoms with Gasteiger partial charge in [-0.1, -0.05) is 0 Å². The lowest BCUT2D eigenvalue weighted by Crippen LogP contribution is -2.60. The van der Waals surface area contributed by atoms with Crippen LogP contribution in [0.25, 0.3) is 0 Å². The molecule has 0 bridgehead atoms. The number of hydrogen-bond acceptors (Lipinski definition) is 7. The van der Waals surface area contributed by atoms with Gasteiger partial charge in [0.15, 0.2) is 5.44 Å². The first kappa shape index (κ1) is 21.9. The zero-order valence-electron chi connectivity index (χ0n) is 16.8. The summed E-state index contributed by atoms with van der Waals surface area (Å²) in [5.74, 6) is -0.0800. The van der Waals surface area contributed by atoms with Gasteiger partial charge in [-0.2, -0.15) is 8.78 Å². The molecule has 1 spiro atoms. The van der Waals surface area contributed by atoms with Crippen molar-refractivity contribution in [3.05, 3.63) is 24.3 Å². The van der Waals surface area contributed by atoms with Crippen molar-refractivity contribution in [1.82, 2.24) is 10.2 Å². The molecule has 10 heteroatoms. The molecule has 30 heavy (non-hydrogen) atoms. The number of hydrogen-bond donors (Lipinski definition) is 1. The topological polar surface area (TPSA) is 77.1 Å². The molecule has 4 rings (SSSR count). The lowest BCUT2D eigenvalue weighted by atomic mass is 9.88. The van der Waals surface area contributed by atoms with E-state index in [1.165, 1.54) is 24.3 Å². The van der Waals surface area contributed by atoms with Crippen molar-refractivity contribution in [3.8, 4) is 5.75 Å². The second-order valence-corrected chi connectivity index (χ2v) is 10.2. The maximum atomic E-state index is 13.1. The van der Waals surface area contributed by atoms with Gasteiger partial charge in [-0.25, -0.2) is 8.42 Å². The van der Waals surface area contributed by atoms with Crippen molar-refractivity contribution in [2.45, 2.75) is 54.3 Å². The molecule has 3 saturated heterocycles. The molecule has 0 aliphatic carbocycles. The van der Waals surface area contributed by atoms with Crippen molar-refractivity contribution in [1.29, 1.82) is 0 Å². The zero-order chi connectivity index (χ0) is 21.2. The van der Waals surface area contributed by atoms with Crippen LogP contribution in [0, 0.1) is 0 Å². The highest BCUT2D eigenvalue weighted by Crippen LogP contribution is 2.34. The normalized spacial score (nSPS) is 26.2. The number of morpholine rings is 1. The molecule has 1 aromatic rings. The third-order valence-electron chi connectivity index (χ3n) is 6.28. The number of sulfone groups is 1. The van der Waals surface area contributed by atoms with Crippen molar-refractivity contribution in [3.63, 3.8) is 0 Å². The highest BCUT2D eigenvalue weighted by molar-refractivity contribution is 7.92. The zero-order valence-corrected chi connectivity index (χ0v) is 17.6. The van der Waals surface area contributed by atoms with E-state index in [-0.39, 0.29) is 17.2 Å². The Labute approximate surface area is 175 Å². The third kappa shape index (κ3) is 4.77. The van der Waals surface area contributed by atoms with Gasteiger partial charge in [-0.05, 0) is 49.9 Å². The monoisotopic (exact) mass is 446 g/mol. The molecule has 0 amide bonds. The standard InChI is InChI=1S/C20H28F2N2O5S/c21-19(22)28-16-1-3-17(4-2-16)30(25,26)18-13-23-14-20(29-18)7-9-24(10-8-20)15-5-11-27-12-6-15/h1-4,15,18-19,23H,5-14H2. The van der Waals surface area contributed by atoms with Crippen LogP contribution in [0.3, 0.4) is 0 Å². The van der Waals surface area contributed by atoms with Gasteiger partial charge in [-0.3, -0.25) is 4.90 Å². The largest absolute Gasteiger partial charge is 0.435 e. The molecular weight excluding hydrogens is 418 g/mol. The van der Waals surface area contributed by atoms with Crippen molar-refractivity contribution in [2.75, 3.05) is 39.4 Å². The highest BCUT2D eigenvalue weighted by atomic mass is 32.2. The molecule has 0 saturated carbocycles. The van der Waals surface area contributed by atoms with Gasteiger partial charge in [0.2, 0.25) is 9.84 Å². The van der Waals surface area contributed by atoms with E-state index in [4.69, 9.17) is 9.47 Å². The number of nitrogens with zero attached hydrogens (tertiary/aromatic N) is 1. The van der Waals surface area contributed by atoms with Gasteiger partial charge in [0, 0.05) is 45.4 Å². The molecule has 1 atom stereocenters. The van der Waals surface area contributed by atoms with Gasteiger partial charge < -0.3 is 19.5 Å². The Morgan fingerprint density at radius 3 is 2.43 bits per heavy atom. The van der Waals surface area contributed by atoms with Crippen LogP contribution in [0.5, 0.6) is 5.75 Å². The van der Waals surface area contributed by atoms with Gasteiger partial charge >= 0.3 is 6.61 Å². The molecule has 168 valence electrons. The SMILES string of the molecule is O=S(=O)(c1ccc(OC(F)F)cc1)C1CNCC2(CCN(C3CCOCC3)CC2)O1. The Balaban J connectivity index is 1.40. The molecule has 1 unspecified atom stereocenters. The van der Waals surface area contributed by atoms with E-state index in [1.54, 1.807) is 0 Å². The number of ether oxygens (including phenoxy) is 3. The summed E-state index contributed by atoms with van der Waals surface area (Å²) < 4.78 is 66.7. The fourth-order valence-corrected chi connectivity index (χ4v) is 6.04. The molecule has 0 radical (unpaired) electrons. The molecule has 0 aromatic heterocycles. The first-order valence-electron chi connectivity index (χ1n) is 10.4. The van der Waals surface area contributed by atoms with Crippen LogP contribution in [0.4, 0.5) is 8.78 Å². The highest BCUT2D eigenvalue weighted by Gasteiger charge is 2.45. The molecule has 3 heterocycles. The molecular formula is C20H28F2N2O5S. The second-order valence-electron chi connectivity index (χ2n) is 8.14. The maximum absolute atomic E-state index is 13.1. The molecule has 3 aliphatic heterocycles. The van der Waals surface area contributed by atoms with Gasteiger partial charge in [0.05, 0.1) is 10.5 Å². The number of likely N-dealkylation sites (tertiary alicyclic amines) is 1. The smallest absolute Gasteiger partial charge is 0.387 e. The molecule has 1 aromatic carbocycles. The summed E-state index contributed by atoms with van der Waals surface area (Å²) in [6.07, 6.45) is 3.61. The summed E-state index contributed by atoms with van der Waals surface area (Å²) in [5, 5.41) is 3.24. The fraction of sp³-hybridized carbons (Fsp3) is 0.700. The average Bonchev–Trinajstić information content (AvgIpc) is 2.75. The Kier molecular flexibility index (Phi) is 6.59. The van der Waals surface area contributed by atoms with Crippen LogP contribution in [0.15, 0.2) is 29.2 Å². The van der Waals surface area contributed by atoms with E-state index in [1.807, 2.05) is 0 Å². The van der Waals surface area contributed by atoms with Crippen molar-refractivity contribution >= 4 is 9.84 Å². The summed E-state index contributed by atoms with van der Waals surface area (Å²) in [6, 6.07) is 5.56. The lowest BCUT2D eigenvalue weighted by molar-refractivity contribution is -0.122. The van der Waals surface area contributed by atoms with Gasteiger partial charge in [0.1, 0.15) is 5.75 Å². The van der Waals surface area contributed by atoms with Crippen LogP contribution in [0.2, 0.25) is 0 Å². The first-order chi connectivity index (χ1) is 14.4. The molecule has 3 fully saturated rings. The van der Waals surface area contributed by atoms with E-state index in [0.717, 1.165) is 52.0 Å². The summed E-state index contributed by atoms with van der Waals surface area (Å²) in [6.45, 7) is 1.21. The van der Waals surface area contributed by atoms with E-state index in [9.17, 15) is 17.2 Å². The Morgan fingerprint density at radius 2 is 1.80 bits per heavy atom. The van der Waals surface area contributed by atoms with Crippen LogP contribution in [0.1, 0.15) is 25.7 Å².